The minimum absolute atomic E-state index is 0.366. The van der Waals surface area contributed by atoms with Gasteiger partial charge in [0, 0.05) is 29.4 Å². The maximum absolute atomic E-state index is 11.7. The minimum Gasteiger partial charge on any atom is -0.341 e. The van der Waals surface area contributed by atoms with Crippen LogP contribution in [0.5, 0.6) is 0 Å². The van der Waals surface area contributed by atoms with Crippen LogP contribution in [0.3, 0.4) is 0 Å². The van der Waals surface area contributed by atoms with Gasteiger partial charge in [-0.3, -0.25) is 5.32 Å². The van der Waals surface area contributed by atoms with Gasteiger partial charge < -0.3 is 10.3 Å². The van der Waals surface area contributed by atoms with Gasteiger partial charge in [0.1, 0.15) is 18.2 Å². The summed E-state index contributed by atoms with van der Waals surface area (Å²) < 4.78 is 0. The molecule has 0 saturated heterocycles. The van der Waals surface area contributed by atoms with Crippen molar-refractivity contribution < 1.29 is 4.79 Å². The van der Waals surface area contributed by atoms with E-state index in [4.69, 9.17) is 11.6 Å². The number of hydrogen-bond donors (Lipinski definition) is 3. The van der Waals surface area contributed by atoms with Crippen molar-refractivity contribution in [2.45, 2.75) is 6.92 Å². The van der Waals surface area contributed by atoms with E-state index in [0.29, 0.717) is 32.7 Å². The van der Waals surface area contributed by atoms with Crippen LogP contribution in [0, 0.1) is 18.3 Å². The Morgan fingerprint density at radius 3 is 2.77 bits per heavy atom. The molecule has 3 aromatic heterocycles. The molecule has 1 aromatic carbocycles. The molecule has 10 heteroatoms. The van der Waals surface area contributed by atoms with Gasteiger partial charge in [-0.05, 0) is 36.2 Å². The van der Waals surface area contributed by atoms with Gasteiger partial charge in [0.25, 0.3) is 0 Å². The molecule has 0 fully saturated rings. The second-order valence-electron chi connectivity index (χ2n) is 6.58. The van der Waals surface area contributed by atoms with E-state index in [-0.39, 0.29) is 6.03 Å². The molecule has 0 spiro atoms. The van der Waals surface area contributed by atoms with Crippen molar-refractivity contribution in [2.75, 3.05) is 12.4 Å². The fourth-order valence-electron chi connectivity index (χ4n) is 3.12. The summed E-state index contributed by atoms with van der Waals surface area (Å²) in [5.74, 6) is 0.905. The van der Waals surface area contributed by atoms with Gasteiger partial charge in [-0.25, -0.2) is 9.78 Å². The number of nitrogens with one attached hydrogen (secondary N) is 3. The molecule has 154 valence electrons. The molecule has 0 unspecified atom stereocenters. The highest BCUT2D eigenvalue weighted by atomic mass is 35.5. The Kier molecular flexibility index (Phi) is 5.66. The number of urea groups is 1. The van der Waals surface area contributed by atoms with E-state index in [0.717, 1.165) is 21.6 Å². The number of amides is 2. The van der Waals surface area contributed by atoms with E-state index < -0.39 is 0 Å². The number of rotatable bonds is 4. The van der Waals surface area contributed by atoms with E-state index in [1.807, 2.05) is 25.1 Å². The second kappa shape index (κ2) is 8.55. The topological polar surface area (TPSA) is 119 Å². The Labute approximate surface area is 186 Å². The Balaban J connectivity index is 1.94. The lowest BCUT2D eigenvalue weighted by atomic mass is 9.97. The lowest BCUT2D eigenvalue weighted by molar-refractivity contribution is 0.254. The number of thiophene rings is 1. The summed E-state index contributed by atoms with van der Waals surface area (Å²) in [5.41, 5.74) is 3.62. The van der Waals surface area contributed by atoms with Crippen LogP contribution < -0.4 is 10.6 Å². The molecule has 0 saturated carbocycles. The van der Waals surface area contributed by atoms with Crippen molar-refractivity contribution in [3.8, 4) is 38.3 Å². The highest BCUT2D eigenvalue weighted by Gasteiger charge is 2.25. The molecule has 0 radical (unpaired) electrons. The smallest absolute Gasteiger partial charge is 0.320 e. The molecule has 2 amide bonds. The van der Waals surface area contributed by atoms with Crippen molar-refractivity contribution in [1.82, 2.24) is 25.5 Å². The summed E-state index contributed by atoms with van der Waals surface area (Å²) >= 11 is 7.96. The second-order valence-corrected chi connectivity index (χ2v) is 8.00. The summed E-state index contributed by atoms with van der Waals surface area (Å²) in [6.07, 6.45) is 3.06. The third kappa shape index (κ3) is 3.99. The van der Waals surface area contributed by atoms with Crippen LogP contribution >= 0.6 is 22.9 Å². The van der Waals surface area contributed by atoms with E-state index >= 15 is 0 Å². The summed E-state index contributed by atoms with van der Waals surface area (Å²) in [5, 5.41) is 23.8. The number of hydrogen-bond acceptors (Lipinski definition) is 6. The Bertz CT molecular complexity index is 1310. The summed E-state index contributed by atoms with van der Waals surface area (Å²) in [7, 11) is 1.52. The number of aromatic nitrogens is 4. The number of carbonyl (C=O) groups excluding carboxylic acids is 1. The average Bonchev–Trinajstić information content (AvgIpc) is 3.41. The molecule has 0 atom stereocenters. The first-order chi connectivity index (χ1) is 15.0. The van der Waals surface area contributed by atoms with Crippen molar-refractivity contribution in [1.29, 1.82) is 5.26 Å². The quantitative estimate of drug-likeness (QED) is 0.411. The minimum atomic E-state index is -0.384. The lowest BCUT2D eigenvalue weighted by Crippen LogP contribution is -2.24. The van der Waals surface area contributed by atoms with E-state index in [1.165, 1.54) is 24.7 Å². The van der Waals surface area contributed by atoms with Crippen molar-refractivity contribution in [3.05, 3.63) is 59.0 Å². The zero-order valence-electron chi connectivity index (χ0n) is 16.5. The van der Waals surface area contributed by atoms with Crippen LogP contribution in [0.4, 0.5) is 10.6 Å². The summed E-state index contributed by atoms with van der Waals surface area (Å²) in [6.45, 7) is 1.95. The highest BCUT2D eigenvalue weighted by Crippen LogP contribution is 2.47. The number of nitrogens with zero attached hydrogens (tertiary/aromatic N) is 4. The molecule has 0 bridgehead atoms. The third-order valence-electron chi connectivity index (χ3n) is 4.54. The SMILES string of the molecule is CNC(=O)Nc1cc(-c2sc(-c3nnc[nH]3)c(-c3ccc(C)cc3Cl)c2C#N)ccn1. The Hall–Kier alpha value is -3.74. The molecular formula is C21H16ClN7OS. The van der Waals surface area contributed by atoms with Crippen molar-refractivity contribution in [3.63, 3.8) is 0 Å². The van der Waals surface area contributed by atoms with Crippen LogP contribution in [0.15, 0.2) is 42.9 Å². The zero-order valence-corrected chi connectivity index (χ0v) is 18.1. The van der Waals surface area contributed by atoms with Gasteiger partial charge in [-0.1, -0.05) is 23.7 Å². The van der Waals surface area contributed by atoms with Gasteiger partial charge >= 0.3 is 6.03 Å². The monoisotopic (exact) mass is 449 g/mol. The largest absolute Gasteiger partial charge is 0.341 e. The summed E-state index contributed by atoms with van der Waals surface area (Å²) in [6, 6.07) is 11.1. The summed E-state index contributed by atoms with van der Waals surface area (Å²) in [4.78, 5) is 20.3. The average molecular weight is 450 g/mol. The van der Waals surface area contributed by atoms with E-state index in [1.54, 1.807) is 18.3 Å². The number of halogens is 1. The molecular weight excluding hydrogens is 434 g/mol. The number of nitriles is 1. The number of aromatic amines is 1. The molecule has 3 N–H and O–H groups in total. The predicted molar refractivity (Wildman–Crippen MR) is 121 cm³/mol. The molecule has 4 rings (SSSR count). The van der Waals surface area contributed by atoms with Crippen molar-refractivity contribution in [2.24, 2.45) is 0 Å². The molecule has 8 nitrogen and oxygen atoms in total. The van der Waals surface area contributed by atoms with Crippen LogP contribution in [0.25, 0.3) is 32.3 Å². The fraction of sp³-hybridized carbons (Fsp3) is 0.0952. The van der Waals surface area contributed by atoms with Gasteiger partial charge in [0.2, 0.25) is 0 Å². The molecule has 0 aliphatic heterocycles. The van der Waals surface area contributed by atoms with E-state index in [9.17, 15) is 10.1 Å². The fourth-order valence-corrected chi connectivity index (χ4v) is 4.66. The van der Waals surface area contributed by atoms with Crippen molar-refractivity contribution >= 4 is 34.8 Å². The first kappa shape index (κ1) is 20.5. The number of aryl methyl sites for hydroxylation is 1. The molecule has 3 heterocycles. The van der Waals surface area contributed by atoms with Crippen LogP contribution in [0.2, 0.25) is 5.02 Å². The molecule has 0 aliphatic carbocycles. The first-order valence-corrected chi connectivity index (χ1v) is 10.4. The number of H-pyrrole nitrogens is 1. The third-order valence-corrected chi connectivity index (χ3v) is 6.09. The lowest BCUT2D eigenvalue weighted by Gasteiger charge is -2.07. The normalized spacial score (nSPS) is 10.5. The zero-order chi connectivity index (χ0) is 22.0. The van der Waals surface area contributed by atoms with Crippen LogP contribution in [-0.2, 0) is 0 Å². The van der Waals surface area contributed by atoms with Gasteiger partial charge in [0.15, 0.2) is 5.82 Å². The number of benzene rings is 1. The Morgan fingerprint density at radius 2 is 2.10 bits per heavy atom. The first-order valence-electron chi connectivity index (χ1n) is 9.16. The Morgan fingerprint density at radius 1 is 1.26 bits per heavy atom. The molecule has 0 aliphatic rings. The predicted octanol–water partition coefficient (Wildman–Crippen LogP) is 4.85. The maximum Gasteiger partial charge on any atom is 0.320 e. The maximum atomic E-state index is 11.7. The molecule has 31 heavy (non-hydrogen) atoms. The van der Waals surface area contributed by atoms with Crippen LogP contribution in [-0.4, -0.2) is 33.2 Å². The number of pyridine rings is 1. The van der Waals surface area contributed by atoms with Crippen LogP contribution in [0.1, 0.15) is 11.1 Å². The molecule has 4 aromatic rings. The van der Waals surface area contributed by atoms with Gasteiger partial charge in [0.05, 0.1) is 15.3 Å². The number of anilines is 1. The highest BCUT2D eigenvalue weighted by molar-refractivity contribution is 7.19. The standard InChI is InChI=1S/C21H16ClN7OS/c1-11-3-4-13(15(22)7-11)17-14(9-23)18(31-19(17)20-26-10-27-29-20)12-5-6-25-16(8-12)28-21(30)24-2/h3-8,10H,1-2H3,(H,26,27,29)(H2,24,25,28,30). The number of carbonyl (C=O) groups is 1. The van der Waals surface area contributed by atoms with Gasteiger partial charge in [-0.15, -0.1) is 21.5 Å². The van der Waals surface area contributed by atoms with E-state index in [2.05, 4.69) is 36.9 Å². The van der Waals surface area contributed by atoms with Gasteiger partial charge in [-0.2, -0.15) is 5.26 Å².